The van der Waals surface area contributed by atoms with Gasteiger partial charge in [-0.1, -0.05) is 29.3 Å². The van der Waals surface area contributed by atoms with Crippen LogP contribution in [-0.2, 0) is 16.2 Å². The fourth-order valence-corrected chi connectivity index (χ4v) is 3.18. The van der Waals surface area contributed by atoms with Gasteiger partial charge in [0.2, 0.25) is 0 Å². The molecular formula is C14H9ClF5NO2S. The van der Waals surface area contributed by atoms with Crippen LogP contribution in [0.4, 0.5) is 27.6 Å². The van der Waals surface area contributed by atoms with Crippen molar-refractivity contribution in [2.45, 2.75) is 18.0 Å². The van der Waals surface area contributed by atoms with E-state index in [9.17, 15) is 30.4 Å². The Morgan fingerprint density at radius 3 is 2.08 bits per heavy atom. The smallest absolute Gasteiger partial charge is 0.275 e. The summed E-state index contributed by atoms with van der Waals surface area (Å²) in [6, 6.07) is 5.43. The second kappa shape index (κ2) is 6.21. The summed E-state index contributed by atoms with van der Waals surface area (Å²) in [6.07, 6.45) is -5.18. The number of benzene rings is 2. The van der Waals surface area contributed by atoms with Crippen molar-refractivity contribution >= 4 is 27.3 Å². The van der Waals surface area contributed by atoms with E-state index < -0.39 is 44.1 Å². The number of nitrogens with one attached hydrogen (secondary N) is 1. The first kappa shape index (κ1) is 18.5. The Morgan fingerprint density at radius 1 is 1.04 bits per heavy atom. The monoisotopic (exact) mass is 385 g/mol. The Morgan fingerprint density at radius 2 is 1.58 bits per heavy atom. The van der Waals surface area contributed by atoms with E-state index in [2.05, 4.69) is 0 Å². The first-order chi connectivity index (χ1) is 10.9. The van der Waals surface area contributed by atoms with Gasteiger partial charge in [-0.3, -0.25) is 4.72 Å². The molecule has 130 valence electrons. The molecule has 0 radical (unpaired) electrons. The van der Waals surface area contributed by atoms with Gasteiger partial charge in [0, 0.05) is 0 Å². The highest BCUT2D eigenvalue weighted by Crippen LogP contribution is 2.38. The van der Waals surface area contributed by atoms with Crippen LogP contribution >= 0.6 is 11.6 Å². The molecule has 2 rings (SSSR count). The van der Waals surface area contributed by atoms with E-state index in [4.69, 9.17) is 11.6 Å². The number of hydrogen-bond donors (Lipinski definition) is 1. The van der Waals surface area contributed by atoms with E-state index in [0.717, 1.165) is 5.56 Å². The highest BCUT2D eigenvalue weighted by atomic mass is 35.5. The van der Waals surface area contributed by atoms with Crippen molar-refractivity contribution in [1.82, 2.24) is 0 Å². The number of anilines is 1. The third-order valence-electron chi connectivity index (χ3n) is 3.03. The van der Waals surface area contributed by atoms with Crippen LogP contribution in [0.2, 0.25) is 5.02 Å². The minimum Gasteiger partial charge on any atom is -0.275 e. The maximum Gasteiger partial charge on any atom is 0.419 e. The largest absolute Gasteiger partial charge is 0.419 e. The first-order valence-corrected chi connectivity index (χ1v) is 8.14. The van der Waals surface area contributed by atoms with Gasteiger partial charge in [0.05, 0.1) is 15.5 Å². The highest BCUT2D eigenvalue weighted by Gasteiger charge is 2.37. The molecule has 0 saturated carbocycles. The molecular weight excluding hydrogens is 377 g/mol. The molecule has 0 aliphatic rings. The summed E-state index contributed by atoms with van der Waals surface area (Å²) < 4.78 is 91.1. The second-order valence-electron chi connectivity index (χ2n) is 4.83. The van der Waals surface area contributed by atoms with Crippen molar-refractivity contribution in [3.05, 3.63) is 58.1 Å². The molecule has 0 aliphatic carbocycles. The van der Waals surface area contributed by atoms with Crippen LogP contribution in [0.3, 0.4) is 0 Å². The van der Waals surface area contributed by atoms with Gasteiger partial charge in [-0.25, -0.2) is 17.2 Å². The topological polar surface area (TPSA) is 46.2 Å². The Hall–Kier alpha value is -1.87. The maximum absolute atomic E-state index is 13.9. The number of halogens is 6. The van der Waals surface area contributed by atoms with Crippen molar-refractivity contribution in [2.75, 3.05) is 4.72 Å². The number of sulfonamides is 1. The van der Waals surface area contributed by atoms with Crippen LogP contribution in [0.5, 0.6) is 0 Å². The zero-order valence-electron chi connectivity index (χ0n) is 11.9. The molecule has 1 N–H and O–H groups in total. The lowest BCUT2D eigenvalue weighted by Crippen LogP contribution is -2.17. The van der Waals surface area contributed by atoms with E-state index in [-0.39, 0.29) is 11.0 Å². The molecule has 0 aliphatic heterocycles. The summed E-state index contributed by atoms with van der Waals surface area (Å²) in [6.45, 7) is 1.70. The Balaban J connectivity index is 2.51. The molecule has 2 aromatic rings. The van der Waals surface area contributed by atoms with E-state index in [1.165, 1.54) is 24.3 Å². The predicted molar refractivity (Wildman–Crippen MR) is 78.4 cm³/mol. The Labute approximate surface area is 139 Å². The van der Waals surface area contributed by atoms with Gasteiger partial charge >= 0.3 is 6.18 Å². The van der Waals surface area contributed by atoms with Gasteiger partial charge in [0.1, 0.15) is 5.69 Å². The molecule has 10 heteroatoms. The minimum atomic E-state index is -5.18. The lowest BCUT2D eigenvalue weighted by atomic mass is 10.1. The van der Waals surface area contributed by atoms with Crippen molar-refractivity contribution < 1.29 is 30.4 Å². The van der Waals surface area contributed by atoms with Crippen LogP contribution in [0.25, 0.3) is 0 Å². The quantitative estimate of drug-likeness (QED) is 0.612. The Bertz CT molecular complexity index is 880. The standard InChI is InChI=1S/C14H9ClF5NO2S/c1-7-2-4-8(5-3-7)24(22,23)21-13-10(15)6-9(14(18,19)20)11(16)12(13)17/h2-6,21H,1H3. The molecule has 24 heavy (non-hydrogen) atoms. The normalized spacial score (nSPS) is 12.3. The number of hydrogen-bond acceptors (Lipinski definition) is 2. The van der Waals surface area contributed by atoms with Gasteiger partial charge < -0.3 is 0 Å². The van der Waals surface area contributed by atoms with Crippen LogP contribution < -0.4 is 4.72 Å². The molecule has 0 heterocycles. The van der Waals surface area contributed by atoms with Gasteiger partial charge in [-0.15, -0.1) is 0 Å². The van der Waals surface area contributed by atoms with Crippen LogP contribution in [0.1, 0.15) is 11.1 Å². The number of alkyl halides is 3. The number of aryl methyl sites for hydroxylation is 1. The van der Waals surface area contributed by atoms with Gasteiger partial charge in [-0.2, -0.15) is 13.2 Å². The second-order valence-corrected chi connectivity index (χ2v) is 6.91. The van der Waals surface area contributed by atoms with E-state index in [0.29, 0.717) is 0 Å². The molecule has 0 saturated heterocycles. The average molecular weight is 386 g/mol. The third-order valence-corrected chi connectivity index (χ3v) is 4.70. The Kier molecular flexibility index (Phi) is 4.78. The molecule has 0 fully saturated rings. The average Bonchev–Trinajstić information content (AvgIpc) is 2.46. The summed E-state index contributed by atoms with van der Waals surface area (Å²) >= 11 is 5.50. The zero-order valence-corrected chi connectivity index (χ0v) is 13.5. The lowest BCUT2D eigenvalue weighted by Gasteiger charge is -2.15. The van der Waals surface area contributed by atoms with Gasteiger partial charge in [0.25, 0.3) is 10.0 Å². The molecule has 0 unspecified atom stereocenters. The maximum atomic E-state index is 13.9. The summed E-state index contributed by atoms with van der Waals surface area (Å²) in [4.78, 5) is -0.288. The van der Waals surface area contributed by atoms with Crippen molar-refractivity contribution in [2.24, 2.45) is 0 Å². The summed E-state index contributed by atoms with van der Waals surface area (Å²) in [5.41, 5.74) is -2.27. The number of rotatable bonds is 3. The minimum absolute atomic E-state index is 0.118. The molecule has 0 bridgehead atoms. The van der Waals surface area contributed by atoms with Crippen molar-refractivity contribution in [3.63, 3.8) is 0 Å². The first-order valence-electron chi connectivity index (χ1n) is 6.27. The van der Waals surface area contributed by atoms with Crippen LogP contribution in [0.15, 0.2) is 35.2 Å². The van der Waals surface area contributed by atoms with Crippen molar-refractivity contribution in [1.29, 1.82) is 0 Å². The fourth-order valence-electron chi connectivity index (χ4n) is 1.81. The van der Waals surface area contributed by atoms with E-state index >= 15 is 0 Å². The summed E-state index contributed by atoms with van der Waals surface area (Å²) in [5, 5.41) is -0.920. The van der Waals surface area contributed by atoms with Crippen LogP contribution in [-0.4, -0.2) is 8.42 Å². The lowest BCUT2D eigenvalue weighted by molar-refractivity contribution is -0.140. The SMILES string of the molecule is Cc1ccc(S(=O)(=O)Nc2c(Cl)cc(C(F)(F)F)c(F)c2F)cc1. The predicted octanol–water partition coefficient (Wildman–Crippen LogP) is 4.75. The molecule has 0 amide bonds. The molecule has 0 aromatic heterocycles. The zero-order chi connectivity index (χ0) is 18.3. The summed E-state index contributed by atoms with van der Waals surface area (Å²) in [7, 11) is -4.36. The van der Waals surface area contributed by atoms with Gasteiger partial charge in [0.15, 0.2) is 11.6 Å². The molecule has 0 spiro atoms. The van der Waals surface area contributed by atoms with Crippen molar-refractivity contribution in [3.8, 4) is 0 Å². The van der Waals surface area contributed by atoms with E-state index in [1.54, 1.807) is 11.6 Å². The fraction of sp³-hybridized carbons (Fsp3) is 0.143. The molecule has 3 nitrogen and oxygen atoms in total. The molecule has 0 atom stereocenters. The van der Waals surface area contributed by atoms with E-state index in [1.807, 2.05) is 0 Å². The molecule has 2 aromatic carbocycles. The van der Waals surface area contributed by atoms with Gasteiger partial charge in [-0.05, 0) is 25.1 Å². The highest BCUT2D eigenvalue weighted by molar-refractivity contribution is 7.92. The summed E-state index contributed by atoms with van der Waals surface area (Å²) in [5.74, 6) is -4.28. The van der Waals surface area contributed by atoms with Crippen LogP contribution in [0, 0.1) is 18.6 Å². The third kappa shape index (κ3) is 3.62.